The smallest absolute Gasteiger partial charge is 0.0213 e. The molecule has 22 heavy (non-hydrogen) atoms. The second-order valence-corrected chi connectivity index (χ2v) is 6.62. The molecule has 2 nitrogen and oxygen atoms in total. The van der Waals surface area contributed by atoms with E-state index in [9.17, 15) is 0 Å². The second kappa shape index (κ2) is 6.23. The molecule has 4 aliphatic rings. The molecule has 0 radical (unpaired) electrons. The van der Waals surface area contributed by atoms with Crippen LogP contribution < -0.4 is 10.6 Å². The van der Waals surface area contributed by atoms with Crippen LogP contribution in [-0.4, -0.2) is 0 Å². The average molecular weight is 294 g/mol. The molecule has 2 aromatic rings. The molecule has 0 saturated heterocycles. The van der Waals surface area contributed by atoms with Gasteiger partial charge in [-0.3, -0.25) is 0 Å². The third kappa shape index (κ3) is 3.08. The van der Waals surface area contributed by atoms with Crippen molar-refractivity contribution in [2.24, 2.45) is 0 Å². The summed E-state index contributed by atoms with van der Waals surface area (Å²) < 4.78 is 0. The average Bonchev–Trinajstić information content (AvgIpc) is 2.46. The van der Waals surface area contributed by atoms with Crippen molar-refractivity contribution in [1.29, 1.82) is 0 Å². The Morgan fingerprint density at radius 3 is 1.64 bits per heavy atom. The van der Waals surface area contributed by atoms with Crippen LogP contribution in [0.1, 0.15) is 44.5 Å². The van der Waals surface area contributed by atoms with Crippen molar-refractivity contribution in [2.45, 2.75) is 53.9 Å². The summed E-state index contributed by atoms with van der Waals surface area (Å²) in [7, 11) is 0. The lowest BCUT2D eigenvalue weighted by Crippen LogP contribution is -2.19. The predicted octanol–water partition coefficient (Wildman–Crippen LogP) is 3.81. The molecule has 4 aliphatic heterocycles. The molecule has 0 saturated carbocycles. The van der Waals surface area contributed by atoms with E-state index in [-0.39, 0.29) is 0 Å². The molecule has 4 heterocycles. The molecule has 4 bridgehead atoms. The maximum Gasteiger partial charge on any atom is 0.0213 e. The van der Waals surface area contributed by atoms with E-state index in [0.29, 0.717) is 0 Å². The van der Waals surface area contributed by atoms with Gasteiger partial charge in [-0.15, -0.1) is 0 Å². The largest absolute Gasteiger partial charge is 0.309 e. The number of hydrogen-bond donors (Lipinski definition) is 2. The normalized spacial score (nSPS) is 15.1. The van der Waals surface area contributed by atoms with E-state index in [0.717, 1.165) is 26.2 Å². The van der Waals surface area contributed by atoms with E-state index in [1.54, 1.807) is 0 Å². The van der Waals surface area contributed by atoms with Crippen LogP contribution in [0.2, 0.25) is 0 Å². The summed E-state index contributed by atoms with van der Waals surface area (Å²) in [5.74, 6) is 0. The molecule has 0 spiro atoms. The van der Waals surface area contributed by atoms with Crippen molar-refractivity contribution in [1.82, 2.24) is 10.6 Å². The van der Waals surface area contributed by atoms with Crippen molar-refractivity contribution >= 4 is 0 Å². The van der Waals surface area contributed by atoms with Gasteiger partial charge in [-0.25, -0.2) is 0 Å². The van der Waals surface area contributed by atoms with E-state index in [1.807, 2.05) is 0 Å². The zero-order chi connectivity index (χ0) is 15.7. The number of aryl methyl sites for hydroxylation is 4. The summed E-state index contributed by atoms with van der Waals surface area (Å²) >= 11 is 0. The Bertz CT molecular complexity index is 678. The molecule has 0 aliphatic carbocycles. The van der Waals surface area contributed by atoms with Gasteiger partial charge < -0.3 is 10.6 Å². The lowest BCUT2D eigenvalue weighted by Gasteiger charge is -2.18. The number of rotatable bonds is 0. The second-order valence-electron chi connectivity index (χ2n) is 6.62. The Balaban J connectivity index is 1.97. The van der Waals surface area contributed by atoms with Crippen LogP contribution in [0.3, 0.4) is 0 Å². The summed E-state index contributed by atoms with van der Waals surface area (Å²) in [4.78, 5) is 0. The maximum absolute atomic E-state index is 3.63. The van der Waals surface area contributed by atoms with Crippen LogP contribution in [0.4, 0.5) is 0 Å². The van der Waals surface area contributed by atoms with Crippen LogP contribution in [-0.2, 0) is 26.2 Å². The molecule has 0 unspecified atom stereocenters. The highest BCUT2D eigenvalue weighted by Crippen LogP contribution is 2.20. The monoisotopic (exact) mass is 294 g/mol. The van der Waals surface area contributed by atoms with Crippen LogP contribution in [0.5, 0.6) is 0 Å². The first-order chi connectivity index (χ1) is 10.5. The lowest BCUT2D eigenvalue weighted by atomic mass is 9.97. The van der Waals surface area contributed by atoms with Crippen molar-refractivity contribution < 1.29 is 0 Å². The molecule has 0 amide bonds. The molecule has 6 rings (SSSR count). The van der Waals surface area contributed by atoms with Gasteiger partial charge in [-0.2, -0.15) is 0 Å². The predicted molar refractivity (Wildman–Crippen MR) is 92.9 cm³/mol. The molecule has 2 N–H and O–H groups in total. The quantitative estimate of drug-likeness (QED) is 0.772. The fourth-order valence-corrected chi connectivity index (χ4v) is 3.44. The highest BCUT2D eigenvalue weighted by atomic mass is 14.9. The number of benzene rings is 2. The summed E-state index contributed by atoms with van der Waals surface area (Å²) in [6, 6.07) is 9.32. The minimum Gasteiger partial charge on any atom is -0.309 e. The zero-order valence-corrected chi connectivity index (χ0v) is 14.1. The number of nitrogens with one attached hydrogen (secondary N) is 2. The summed E-state index contributed by atoms with van der Waals surface area (Å²) in [6.07, 6.45) is 0. The third-order valence-electron chi connectivity index (χ3n) is 4.81. The van der Waals surface area contributed by atoms with E-state index < -0.39 is 0 Å². The maximum atomic E-state index is 3.63. The molecule has 0 atom stereocenters. The Labute approximate surface area is 134 Å². The zero-order valence-electron chi connectivity index (χ0n) is 14.1. The first-order valence-corrected chi connectivity index (χ1v) is 8.14. The Morgan fingerprint density at radius 1 is 0.591 bits per heavy atom. The van der Waals surface area contributed by atoms with Gasteiger partial charge in [0, 0.05) is 26.2 Å². The minimum atomic E-state index is 0.926. The van der Waals surface area contributed by atoms with Crippen LogP contribution in [0.15, 0.2) is 24.3 Å². The van der Waals surface area contributed by atoms with Crippen LogP contribution >= 0.6 is 0 Å². The fourth-order valence-electron chi connectivity index (χ4n) is 3.44. The first-order valence-electron chi connectivity index (χ1n) is 8.14. The Kier molecular flexibility index (Phi) is 4.32. The van der Waals surface area contributed by atoms with Crippen molar-refractivity contribution in [3.05, 3.63) is 68.8 Å². The first kappa shape index (κ1) is 15.3. The van der Waals surface area contributed by atoms with E-state index in [4.69, 9.17) is 0 Å². The summed E-state index contributed by atoms with van der Waals surface area (Å²) in [5.41, 5.74) is 11.2. The van der Waals surface area contributed by atoms with Gasteiger partial charge in [0.05, 0.1) is 0 Å². The third-order valence-corrected chi connectivity index (χ3v) is 4.81. The lowest BCUT2D eigenvalue weighted by molar-refractivity contribution is 0.669. The summed E-state index contributed by atoms with van der Waals surface area (Å²) in [5, 5.41) is 7.23. The SMILES string of the molecule is Cc1cc2c(C)cc1CNCc1cc(C)c(c(C)c1)CNC2. The highest BCUT2D eigenvalue weighted by Gasteiger charge is 2.09. The molecule has 2 heteroatoms. The van der Waals surface area contributed by atoms with Gasteiger partial charge in [0.2, 0.25) is 0 Å². The van der Waals surface area contributed by atoms with Gasteiger partial charge in [-0.1, -0.05) is 24.3 Å². The van der Waals surface area contributed by atoms with E-state index >= 15 is 0 Å². The van der Waals surface area contributed by atoms with Crippen molar-refractivity contribution in [3.8, 4) is 0 Å². The molecule has 0 aromatic heterocycles. The van der Waals surface area contributed by atoms with E-state index in [2.05, 4.69) is 62.6 Å². The van der Waals surface area contributed by atoms with Gasteiger partial charge in [0.15, 0.2) is 0 Å². The van der Waals surface area contributed by atoms with Crippen molar-refractivity contribution in [3.63, 3.8) is 0 Å². The highest BCUT2D eigenvalue weighted by molar-refractivity contribution is 5.40. The molecular formula is C20H26N2. The molecular weight excluding hydrogens is 268 g/mol. The molecule has 0 fully saturated rings. The van der Waals surface area contributed by atoms with Crippen LogP contribution in [0, 0.1) is 27.7 Å². The fraction of sp³-hybridized carbons (Fsp3) is 0.400. The minimum absolute atomic E-state index is 0.926. The number of hydrogen-bond acceptors (Lipinski definition) is 2. The molecule has 2 aromatic carbocycles. The van der Waals surface area contributed by atoms with Crippen LogP contribution in [0.25, 0.3) is 0 Å². The van der Waals surface area contributed by atoms with Gasteiger partial charge in [0.25, 0.3) is 0 Å². The topological polar surface area (TPSA) is 24.1 Å². The standard InChI is InChI=1S/C20H26N2/c1-13-8-19-11-22-12-20-15(3)5-17(6-16(20)4)9-21-10-18(13)7-14(19)2/h5-8,21-22H,9-12H2,1-4H3. The van der Waals surface area contributed by atoms with Gasteiger partial charge in [0.1, 0.15) is 0 Å². The van der Waals surface area contributed by atoms with Gasteiger partial charge in [-0.05, 0) is 72.2 Å². The van der Waals surface area contributed by atoms with Gasteiger partial charge >= 0.3 is 0 Å². The Hall–Kier alpha value is -1.64. The molecule has 116 valence electrons. The van der Waals surface area contributed by atoms with E-state index in [1.165, 1.54) is 44.5 Å². The summed E-state index contributed by atoms with van der Waals surface area (Å²) in [6.45, 7) is 12.6. The van der Waals surface area contributed by atoms with Crippen molar-refractivity contribution in [2.75, 3.05) is 0 Å². The Morgan fingerprint density at radius 2 is 1.09 bits per heavy atom.